The molecule has 2 rings (SSSR count). The zero-order valence-corrected chi connectivity index (χ0v) is 12.3. The summed E-state index contributed by atoms with van der Waals surface area (Å²) >= 11 is 9.51. The van der Waals surface area contributed by atoms with Crippen molar-refractivity contribution in [2.75, 3.05) is 0 Å². The van der Waals surface area contributed by atoms with Crippen molar-refractivity contribution in [3.63, 3.8) is 0 Å². The molecule has 0 saturated carbocycles. The molecular weight excluding hydrogens is 316 g/mol. The Kier molecular flexibility index (Phi) is 4.49. The van der Waals surface area contributed by atoms with E-state index in [9.17, 15) is 5.11 Å². The van der Waals surface area contributed by atoms with Gasteiger partial charge in [0.2, 0.25) is 0 Å². The van der Waals surface area contributed by atoms with E-state index in [1.54, 1.807) is 6.26 Å². The third kappa shape index (κ3) is 2.97. The minimum absolute atomic E-state index is 0.485. The average molecular weight is 330 g/mol. The van der Waals surface area contributed by atoms with Gasteiger partial charge in [0.25, 0.3) is 0 Å². The highest BCUT2D eigenvalue weighted by atomic mass is 79.9. The van der Waals surface area contributed by atoms with Crippen molar-refractivity contribution in [2.45, 2.75) is 25.9 Å². The third-order valence-corrected chi connectivity index (χ3v) is 3.73. The molecule has 0 amide bonds. The number of furan rings is 1. The molecule has 96 valence electrons. The SMILES string of the molecule is CCc1occc1C(O)Cc1ccc(Br)cc1Cl. The average Bonchev–Trinajstić information content (AvgIpc) is 2.81. The van der Waals surface area contributed by atoms with Crippen LogP contribution in [0.25, 0.3) is 0 Å². The van der Waals surface area contributed by atoms with Gasteiger partial charge in [-0.05, 0) is 23.8 Å². The quantitative estimate of drug-likeness (QED) is 0.893. The Morgan fingerprint density at radius 2 is 2.17 bits per heavy atom. The van der Waals surface area contributed by atoms with Gasteiger partial charge in [-0.25, -0.2) is 0 Å². The van der Waals surface area contributed by atoms with Gasteiger partial charge in [-0.1, -0.05) is 40.5 Å². The van der Waals surface area contributed by atoms with Crippen LogP contribution in [-0.2, 0) is 12.8 Å². The van der Waals surface area contributed by atoms with E-state index in [1.165, 1.54) is 0 Å². The lowest BCUT2D eigenvalue weighted by Gasteiger charge is -2.12. The molecule has 0 aliphatic carbocycles. The highest BCUT2D eigenvalue weighted by Gasteiger charge is 2.16. The summed E-state index contributed by atoms with van der Waals surface area (Å²) in [7, 11) is 0. The second-order valence-corrected chi connectivity index (χ2v) is 5.43. The van der Waals surface area contributed by atoms with E-state index in [2.05, 4.69) is 15.9 Å². The maximum absolute atomic E-state index is 10.2. The van der Waals surface area contributed by atoms with Crippen LogP contribution in [0, 0.1) is 0 Å². The van der Waals surface area contributed by atoms with E-state index >= 15 is 0 Å². The van der Waals surface area contributed by atoms with E-state index in [-0.39, 0.29) is 0 Å². The Hall–Kier alpha value is -0.770. The van der Waals surface area contributed by atoms with Crippen LogP contribution in [0.2, 0.25) is 5.02 Å². The maximum atomic E-state index is 10.2. The summed E-state index contributed by atoms with van der Waals surface area (Å²) in [6, 6.07) is 7.49. The maximum Gasteiger partial charge on any atom is 0.109 e. The molecule has 1 N–H and O–H groups in total. The van der Waals surface area contributed by atoms with Gasteiger partial charge in [0.15, 0.2) is 0 Å². The van der Waals surface area contributed by atoms with Gasteiger partial charge in [0.05, 0.1) is 12.4 Å². The number of hydrogen-bond acceptors (Lipinski definition) is 2. The normalized spacial score (nSPS) is 12.7. The van der Waals surface area contributed by atoms with E-state index in [0.29, 0.717) is 11.4 Å². The molecule has 0 spiro atoms. The Morgan fingerprint density at radius 1 is 1.39 bits per heavy atom. The standard InChI is InChI=1S/C14H14BrClO2/c1-2-14-11(5-6-18-14)13(17)7-9-3-4-10(15)8-12(9)16/h3-6,8,13,17H,2,7H2,1H3. The molecule has 0 fully saturated rings. The van der Waals surface area contributed by atoms with E-state index in [1.807, 2.05) is 31.2 Å². The van der Waals surface area contributed by atoms with Crippen LogP contribution in [-0.4, -0.2) is 5.11 Å². The summed E-state index contributed by atoms with van der Waals surface area (Å²) in [5.74, 6) is 0.829. The van der Waals surface area contributed by atoms with Gasteiger partial charge >= 0.3 is 0 Å². The second-order valence-electron chi connectivity index (χ2n) is 4.11. The fourth-order valence-corrected chi connectivity index (χ4v) is 2.69. The third-order valence-electron chi connectivity index (χ3n) is 2.89. The lowest BCUT2D eigenvalue weighted by atomic mass is 10.0. The molecule has 18 heavy (non-hydrogen) atoms. The van der Waals surface area contributed by atoms with E-state index in [4.69, 9.17) is 16.0 Å². The first kappa shape index (κ1) is 13.7. The number of rotatable bonds is 4. The minimum Gasteiger partial charge on any atom is -0.469 e. The highest BCUT2D eigenvalue weighted by Crippen LogP contribution is 2.28. The number of halogens is 2. The molecule has 0 radical (unpaired) electrons. The smallest absolute Gasteiger partial charge is 0.109 e. The Bertz CT molecular complexity index is 536. The van der Waals surface area contributed by atoms with Crippen LogP contribution in [0.1, 0.15) is 29.9 Å². The Balaban J connectivity index is 2.18. The molecule has 2 aromatic rings. The zero-order valence-electron chi connectivity index (χ0n) is 9.99. The van der Waals surface area contributed by atoms with Crippen molar-refractivity contribution in [3.8, 4) is 0 Å². The van der Waals surface area contributed by atoms with Crippen LogP contribution in [0.3, 0.4) is 0 Å². The molecule has 1 atom stereocenters. The predicted octanol–water partition coefficient (Wildman–Crippen LogP) is 4.53. The zero-order chi connectivity index (χ0) is 13.1. The van der Waals surface area contributed by atoms with E-state index < -0.39 is 6.10 Å². The first-order chi connectivity index (χ1) is 8.61. The molecule has 0 aliphatic heterocycles. The fraction of sp³-hybridized carbons (Fsp3) is 0.286. The number of aryl methyl sites for hydroxylation is 1. The summed E-state index contributed by atoms with van der Waals surface area (Å²) in [6.45, 7) is 2.00. The topological polar surface area (TPSA) is 33.4 Å². The van der Waals surface area contributed by atoms with Crippen LogP contribution >= 0.6 is 27.5 Å². The lowest BCUT2D eigenvalue weighted by molar-refractivity contribution is 0.176. The van der Waals surface area contributed by atoms with Gasteiger partial charge in [-0.15, -0.1) is 0 Å². The van der Waals surface area contributed by atoms with Gasteiger partial charge < -0.3 is 9.52 Å². The van der Waals surface area contributed by atoms with Crippen molar-refractivity contribution in [3.05, 3.63) is 56.9 Å². The number of hydrogen-bond donors (Lipinski definition) is 1. The van der Waals surface area contributed by atoms with Crippen LogP contribution < -0.4 is 0 Å². The van der Waals surface area contributed by atoms with Crippen LogP contribution in [0.15, 0.2) is 39.4 Å². The number of aliphatic hydroxyl groups is 1. The number of aliphatic hydroxyl groups excluding tert-OH is 1. The Morgan fingerprint density at radius 3 is 2.83 bits per heavy atom. The van der Waals surface area contributed by atoms with Gasteiger partial charge in [0.1, 0.15) is 5.76 Å². The molecule has 4 heteroatoms. The molecule has 0 bridgehead atoms. The van der Waals surface area contributed by atoms with Crippen LogP contribution in [0.5, 0.6) is 0 Å². The van der Waals surface area contributed by atoms with Crippen LogP contribution in [0.4, 0.5) is 0 Å². The molecule has 2 nitrogen and oxygen atoms in total. The fourth-order valence-electron chi connectivity index (χ4n) is 1.94. The first-order valence-corrected chi connectivity index (χ1v) is 6.97. The monoisotopic (exact) mass is 328 g/mol. The summed E-state index contributed by atoms with van der Waals surface area (Å²) in [5.41, 5.74) is 1.77. The van der Waals surface area contributed by atoms with Crippen molar-refractivity contribution in [2.24, 2.45) is 0 Å². The Labute approximate surface area is 120 Å². The van der Waals surface area contributed by atoms with Gasteiger partial charge in [0, 0.05) is 27.9 Å². The molecule has 1 aromatic heterocycles. The van der Waals surface area contributed by atoms with Crippen molar-refractivity contribution in [1.82, 2.24) is 0 Å². The summed E-state index contributed by atoms with van der Waals surface area (Å²) in [6.07, 6.45) is 2.28. The summed E-state index contributed by atoms with van der Waals surface area (Å²) in [4.78, 5) is 0. The van der Waals surface area contributed by atoms with Crippen molar-refractivity contribution < 1.29 is 9.52 Å². The highest BCUT2D eigenvalue weighted by molar-refractivity contribution is 9.10. The van der Waals surface area contributed by atoms with E-state index in [0.717, 1.165) is 27.8 Å². The van der Waals surface area contributed by atoms with Crippen molar-refractivity contribution >= 4 is 27.5 Å². The predicted molar refractivity (Wildman–Crippen MR) is 75.9 cm³/mol. The largest absolute Gasteiger partial charge is 0.469 e. The van der Waals surface area contributed by atoms with Crippen molar-refractivity contribution in [1.29, 1.82) is 0 Å². The molecular formula is C14H14BrClO2. The summed E-state index contributed by atoms with van der Waals surface area (Å²) < 4.78 is 6.26. The second kappa shape index (κ2) is 5.91. The molecule has 1 heterocycles. The first-order valence-electron chi connectivity index (χ1n) is 5.80. The van der Waals surface area contributed by atoms with Gasteiger partial charge in [-0.3, -0.25) is 0 Å². The molecule has 0 saturated heterocycles. The molecule has 1 unspecified atom stereocenters. The summed E-state index contributed by atoms with van der Waals surface area (Å²) in [5, 5.41) is 10.9. The van der Waals surface area contributed by atoms with Gasteiger partial charge in [-0.2, -0.15) is 0 Å². The number of benzene rings is 1. The lowest BCUT2D eigenvalue weighted by Crippen LogP contribution is -2.03. The molecule has 1 aromatic carbocycles. The molecule has 0 aliphatic rings. The minimum atomic E-state index is -0.586.